The van der Waals surface area contributed by atoms with Crippen molar-refractivity contribution in [1.82, 2.24) is 9.55 Å². The molecule has 0 bridgehead atoms. The van der Waals surface area contributed by atoms with Crippen molar-refractivity contribution in [3.8, 4) is 0 Å². The molecule has 4 rings (SSSR count). The van der Waals surface area contributed by atoms with E-state index in [4.69, 9.17) is 9.72 Å². The molecule has 32 heavy (non-hydrogen) atoms. The summed E-state index contributed by atoms with van der Waals surface area (Å²) in [5.74, 6) is -0.154. The van der Waals surface area contributed by atoms with Gasteiger partial charge in [-0.1, -0.05) is 91.0 Å². The normalized spacial score (nSPS) is 11.3. The van der Waals surface area contributed by atoms with Gasteiger partial charge in [0, 0.05) is 12.6 Å². The Balaban J connectivity index is 1.79. The maximum absolute atomic E-state index is 11.7. The molecule has 4 aromatic rings. The van der Waals surface area contributed by atoms with Crippen LogP contribution in [0.2, 0.25) is 0 Å². The van der Waals surface area contributed by atoms with Crippen LogP contribution >= 0.6 is 0 Å². The van der Waals surface area contributed by atoms with Crippen LogP contribution in [0.5, 0.6) is 0 Å². The molecule has 0 saturated carbocycles. The fraction of sp³-hybridized carbons (Fsp3) is 0.214. The summed E-state index contributed by atoms with van der Waals surface area (Å²) in [6.07, 6.45) is 5.86. The summed E-state index contributed by atoms with van der Waals surface area (Å²) >= 11 is 0. The molecule has 162 valence electrons. The molecule has 0 aliphatic carbocycles. The highest BCUT2D eigenvalue weighted by molar-refractivity contribution is 5.69. The van der Waals surface area contributed by atoms with Crippen LogP contribution < -0.4 is 0 Å². The van der Waals surface area contributed by atoms with Crippen LogP contribution in [0.4, 0.5) is 0 Å². The average Bonchev–Trinajstić information content (AvgIpc) is 3.31. The van der Waals surface area contributed by atoms with E-state index >= 15 is 0 Å². The van der Waals surface area contributed by atoms with Gasteiger partial charge in [0.05, 0.1) is 18.6 Å². The lowest BCUT2D eigenvalue weighted by atomic mass is 9.77. The molecule has 0 N–H and O–H groups in total. The standard InChI is InChI=1S/C28H28N2O2/c1-2-32-27(31)20-12-19-26-21-30(22-29-26)28(23-13-6-3-7-14-23,24-15-8-4-9-16-24)25-17-10-5-11-18-25/h3-11,13-18,21-22H,2,12,19-20H2,1H3. The summed E-state index contributed by atoms with van der Waals surface area (Å²) in [6, 6.07) is 31.6. The van der Waals surface area contributed by atoms with Crippen molar-refractivity contribution in [2.45, 2.75) is 31.7 Å². The zero-order valence-corrected chi connectivity index (χ0v) is 18.4. The van der Waals surface area contributed by atoms with E-state index < -0.39 is 5.54 Å². The molecule has 0 aliphatic heterocycles. The maximum atomic E-state index is 11.7. The van der Waals surface area contributed by atoms with Crippen LogP contribution in [0.3, 0.4) is 0 Å². The smallest absolute Gasteiger partial charge is 0.305 e. The molecule has 4 nitrogen and oxygen atoms in total. The number of carbonyl (C=O) groups is 1. The summed E-state index contributed by atoms with van der Waals surface area (Å²) in [5.41, 5.74) is 3.88. The first-order valence-corrected chi connectivity index (χ1v) is 11.1. The third-order valence-electron chi connectivity index (χ3n) is 5.72. The molecule has 0 amide bonds. The summed E-state index contributed by atoms with van der Waals surface area (Å²) in [7, 11) is 0. The van der Waals surface area contributed by atoms with E-state index in [9.17, 15) is 4.79 Å². The fourth-order valence-corrected chi connectivity index (χ4v) is 4.31. The van der Waals surface area contributed by atoms with Gasteiger partial charge in [0.15, 0.2) is 0 Å². The Bertz CT molecular complexity index is 1030. The molecular weight excluding hydrogens is 396 g/mol. The lowest BCUT2D eigenvalue weighted by Crippen LogP contribution is -2.36. The monoisotopic (exact) mass is 424 g/mol. The highest BCUT2D eigenvalue weighted by Gasteiger charge is 2.38. The summed E-state index contributed by atoms with van der Waals surface area (Å²) in [5, 5.41) is 0. The number of hydrogen-bond acceptors (Lipinski definition) is 3. The van der Waals surface area contributed by atoms with E-state index in [1.165, 1.54) is 0 Å². The third-order valence-corrected chi connectivity index (χ3v) is 5.72. The van der Waals surface area contributed by atoms with Gasteiger partial charge in [-0.2, -0.15) is 0 Å². The molecule has 1 heterocycles. The Hall–Kier alpha value is -3.66. The maximum Gasteiger partial charge on any atom is 0.305 e. The van der Waals surface area contributed by atoms with E-state index in [-0.39, 0.29) is 5.97 Å². The van der Waals surface area contributed by atoms with Crippen molar-refractivity contribution < 1.29 is 9.53 Å². The van der Waals surface area contributed by atoms with Gasteiger partial charge < -0.3 is 9.30 Å². The van der Waals surface area contributed by atoms with Crippen molar-refractivity contribution in [3.05, 3.63) is 126 Å². The third kappa shape index (κ3) is 4.35. The van der Waals surface area contributed by atoms with Gasteiger partial charge in [0.25, 0.3) is 0 Å². The number of aryl methyl sites for hydroxylation is 1. The van der Waals surface area contributed by atoms with Crippen molar-refractivity contribution in [1.29, 1.82) is 0 Å². The van der Waals surface area contributed by atoms with Crippen LogP contribution in [0, 0.1) is 0 Å². The van der Waals surface area contributed by atoms with Crippen molar-refractivity contribution in [2.75, 3.05) is 6.61 Å². The summed E-state index contributed by atoms with van der Waals surface area (Å²) in [6.45, 7) is 2.25. The minimum absolute atomic E-state index is 0.154. The molecule has 0 saturated heterocycles. The lowest BCUT2D eigenvalue weighted by molar-refractivity contribution is -0.143. The van der Waals surface area contributed by atoms with Gasteiger partial charge in [0.1, 0.15) is 5.54 Å². The van der Waals surface area contributed by atoms with E-state index in [2.05, 4.69) is 83.6 Å². The van der Waals surface area contributed by atoms with E-state index in [1.807, 2.05) is 31.5 Å². The molecule has 3 aromatic carbocycles. The zero-order valence-electron chi connectivity index (χ0n) is 18.4. The minimum atomic E-state index is -0.559. The molecule has 0 unspecified atom stereocenters. The van der Waals surface area contributed by atoms with Crippen LogP contribution in [0.1, 0.15) is 42.1 Å². The molecule has 1 aromatic heterocycles. The topological polar surface area (TPSA) is 44.1 Å². The molecular formula is C28H28N2O2. The largest absolute Gasteiger partial charge is 0.466 e. The van der Waals surface area contributed by atoms with Crippen LogP contribution in [0.15, 0.2) is 104 Å². The molecule has 0 radical (unpaired) electrons. The zero-order chi connectivity index (χ0) is 22.2. The van der Waals surface area contributed by atoms with Crippen molar-refractivity contribution in [2.24, 2.45) is 0 Å². The Morgan fingerprint density at radius 3 is 1.81 bits per heavy atom. The summed E-state index contributed by atoms with van der Waals surface area (Å²) in [4.78, 5) is 16.4. The van der Waals surface area contributed by atoms with Gasteiger partial charge in [-0.25, -0.2) is 4.98 Å². The number of hydrogen-bond donors (Lipinski definition) is 0. The SMILES string of the molecule is CCOC(=O)CCCc1cn(C(c2ccccc2)(c2ccccc2)c2ccccc2)cn1. The van der Waals surface area contributed by atoms with Gasteiger partial charge >= 0.3 is 5.97 Å². The first-order valence-electron chi connectivity index (χ1n) is 11.1. The fourth-order valence-electron chi connectivity index (χ4n) is 4.31. The van der Waals surface area contributed by atoms with Crippen molar-refractivity contribution >= 4 is 5.97 Å². The predicted octanol–water partition coefficient (Wildman–Crippen LogP) is 5.61. The Labute approximate surface area is 189 Å². The molecule has 0 atom stereocenters. The first-order chi connectivity index (χ1) is 15.7. The second-order valence-electron chi connectivity index (χ2n) is 7.74. The number of benzene rings is 3. The Morgan fingerprint density at radius 2 is 1.34 bits per heavy atom. The van der Waals surface area contributed by atoms with Crippen LogP contribution in [-0.4, -0.2) is 22.1 Å². The van der Waals surface area contributed by atoms with Gasteiger partial charge in [-0.15, -0.1) is 0 Å². The number of nitrogens with zero attached hydrogens (tertiary/aromatic N) is 2. The number of aromatic nitrogens is 2. The highest BCUT2D eigenvalue weighted by atomic mass is 16.5. The summed E-state index contributed by atoms with van der Waals surface area (Å²) < 4.78 is 7.25. The minimum Gasteiger partial charge on any atom is -0.466 e. The quantitative estimate of drug-likeness (QED) is 0.259. The Morgan fingerprint density at radius 1 is 0.844 bits per heavy atom. The number of carbonyl (C=O) groups excluding carboxylic acids is 1. The molecule has 0 aliphatic rings. The lowest BCUT2D eigenvalue weighted by Gasteiger charge is -2.37. The van der Waals surface area contributed by atoms with Crippen molar-refractivity contribution in [3.63, 3.8) is 0 Å². The number of esters is 1. The molecule has 4 heteroatoms. The Kier molecular flexibility index (Phi) is 6.81. The van der Waals surface area contributed by atoms with Gasteiger partial charge in [-0.05, 0) is 36.5 Å². The molecule has 0 fully saturated rings. The van der Waals surface area contributed by atoms with Crippen LogP contribution in [0.25, 0.3) is 0 Å². The van der Waals surface area contributed by atoms with Gasteiger partial charge in [0.2, 0.25) is 0 Å². The first kappa shape index (κ1) is 21.6. The molecule has 0 spiro atoms. The average molecular weight is 425 g/mol. The highest BCUT2D eigenvalue weighted by Crippen LogP contribution is 2.40. The van der Waals surface area contributed by atoms with E-state index in [0.717, 1.165) is 28.8 Å². The van der Waals surface area contributed by atoms with E-state index in [1.54, 1.807) is 0 Å². The number of ether oxygens (including phenoxy) is 1. The number of rotatable bonds is 9. The van der Waals surface area contributed by atoms with Crippen LogP contribution in [-0.2, 0) is 21.5 Å². The predicted molar refractivity (Wildman–Crippen MR) is 126 cm³/mol. The van der Waals surface area contributed by atoms with Gasteiger partial charge in [-0.3, -0.25) is 4.79 Å². The second kappa shape index (κ2) is 10.1. The number of imidazole rings is 1. The van der Waals surface area contributed by atoms with E-state index in [0.29, 0.717) is 19.4 Å². The second-order valence-corrected chi connectivity index (χ2v) is 7.74.